The van der Waals surface area contributed by atoms with Crippen molar-refractivity contribution in [1.82, 2.24) is 14.7 Å². The van der Waals surface area contributed by atoms with Crippen LogP contribution >= 0.6 is 0 Å². The van der Waals surface area contributed by atoms with Crippen LogP contribution in [0.25, 0.3) is 11.2 Å². The van der Waals surface area contributed by atoms with Gasteiger partial charge in [-0.2, -0.15) is 0 Å². The summed E-state index contributed by atoms with van der Waals surface area (Å²) in [5.74, 6) is -0.995. The van der Waals surface area contributed by atoms with Crippen LogP contribution in [0.1, 0.15) is 27.2 Å². The van der Waals surface area contributed by atoms with Crippen LogP contribution in [0.2, 0.25) is 0 Å². The molecule has 1 amide bonds. The molecule has 0 atom stereocenters. The molecule has 0 saturated heterocycles. The number of likely N-dealkylation sites (N-methyl/N-ethyl adjacent to an activating group) is 1. The number of imidazole rings is 1. The molecule has 2 aromatic heterocycles. The average molecular weight is 414 g/mol. The molecule has 0 spiro atoms. The first-order valence-electron chi connectivity index (χ1n) is 9.55. The summed E-state index contributed by atoms with van der Waals surface area (Å²) in [5.41, 5.74) is 9.23. The number of nitrogens with two attached hydrogens (primary N) is 1. The smallest absolute Gasteiger partial charge is 0.244 e. The number of ketones is 1. The van der Waals surface area contributed by atoms with Crippen molar-refractivity contribution in [2.75, 3.05) is 12.8 Å². The van der Waals surface area contributed by atoms with Gasteiger partial charge in [0.15, 0.2) is 5.82 Å². The Balaban J connectivity index is 1.87. The van der Waals surface area contributed by atoms with Gasteiger partial charge in [0.05, 0.1) is 0 Å². The van der Waals surface area contributed by atoms with E-state index in [4.69, 9.17) is 5.73 Å². The van der Waals surface area contributed by atoms with Gasteiger partial charge in [-0.3, -0.25) is 14.0 Å². The maximum Gasteiger partial charge on any atom is 0.244 e. The van der Waals surface area contributed by atoms with E-state index in [1.807, 2.05) is 36.4 Å². The summed E-state index contributed by atoms with van der Waals surface area (Å²) >= 11 is 0. The van der Waals surface area contributed by atoms with Crippen LogP contribution in [0.4, 0.5) is 10.2 Å². The third-order valence-electron chi connectivity index (χ3n) is 4.88. The lowest BCUT2D eigenvalue weighted by Crippen LogP contribution is -2.15. The Morgan fingerprint density at radius 3 is 2.32 bits per heavy atom. The highest BCUT2D eigenvalue weighted by atomic mass is 19.1. The molecule has 0 radical (unpaired) electrons. The Morgan fingerprint density at radius 1 is 0.968 bits per heavy atom. The van der Waals surface area contributed by atoms with Crippen LogP contribution in [-0.2, 0) is 4.79 Å². The third kappa shape index (κ3) is 3.93. The third-order valence-corrected chi connectivity index (χ3v) is 4.88. The first-order chi connectivity index (χ1) is 15.0. The second kappa shape index (κ2) is 8.23. The van der Waals surface area contributed by atoms with Gasteiger partial charge >= 0.3 is 0 Å². The number of benzene rings is 2. The predicted molar refractivity (Wildman–Crippen MR) is 117 cm³/mol. The monoisotopic (exact) mass is 414 g/mol. The Labute approximate surface area is 177 Å². The summed E-state index contributed by atoms with van der Waals surface area (Å²) in [6.07, 6.45) is 3.22. The number of nitrogen functional groups attached to an aromatic ring is 1. The Hall–Kier alpha value is -4.26. The number of hydrogen-bond donors (Lipinski definition) is 2. The van der Waals surface area contributed by atoms with Crippen molar-refractivity contribution in [3.05, 3.63) is 107 Å². The van der Waals surface area contributed by atoms with E-state index >= 15 is 0 Å². The number of aromatic nitrogens is 2. The first-order valence-corrected chi connectivity index (χ1v) is 9.55. The van der Waals surface area contributed by atoms with Gasteiger partial charge in [-0.25, -0.2) is 9.37 Å². The number of nitrogens with one attached hydrogen (secondary N) is 1. The quantitative estimate of drug-likeness (QED) is 0.387. The zero-order valence-electron chi connectivity index (χ0n) is 16.7. The Bertz CT molecular complexity index is 1310. The Kier molecular flexibility index (Phi) is 5.32. The van der Waals surface area contributed by atoms with Crippen LogP contribution in [0.5, 0.6) is 0 Å². The molecule has 154 valence electrons. The molecule has 7 heteroatoms. The molecule has 0 aliphatic rings. The minimum absolute atomic E-state index is 0.0722. The summed E-state index contributed by atoms with van der Waals surface area (Å²) in [4.78, 5) is 29.5. The van der Waals surface area contributed by atoms with Crippen molar-refractivity contribution in [3.8, 4) is 0 Å². The molecule has 0 unspecified atom stereocenters. The van der Waals surface area contributed by atoms with Crippen LogP contribution in [0.3, 0.4) is 0 Å². The van der Waals surface area contributed by atoms with Crippen molar-refractivity contribution < 1.29 is 14.0 Å². The molecule has 0 bridgehead atoms. The zero-order chi connectivity index (χ0) is 22.0. The highest BCUT2D eigenvalue weighted by Crippen LogP contribution is 2.26. The van der Waals surface area contributed by atoms with E-state index in [9.17, 15) is 14.0 Å². The first kappa shape index (κ1) is 20.0. The lowest BCUT2D eigenvalue weighted by atomic mass is 9.98. The summed E-state index contributed by atoms with van der Waals surface area (Å²) in [6.45, 7) is 0. The fourth-order valence-corrected chi connectivity index (χ4v) is 3.34. The van der Waals surface area contributed by atoms with Gasteiger partial charge in [-0.1, -0.05) is 30.3 Å². The molecule has 0 aliphatic carbocycles. The van der Waals surface area contributed by atoms with Gasteiger partial charge < -0.3 is 11.1 Å². The van der Waals surface area contributed by atoms with Gasteiger partial charge in [0.2, 0.25) is 11.7 Å². The van der Waals surface area contributed by atoms with Crippen molar-refractivity contribution in [2.45, 2.75) is 0 Å². The van der Waals surface area contributed by atoms with Gasteiger partial charge in [-0.15, -0.1) is 0 Å². The summed E-state index contributed by atoms with van der Waals surface area (Å²) < 4.78 is 14.9. The fraction of sp³-hybridized carbons (Fsp3) is 0.0417. The Morgan fingerprint density at radius 2 is 1.65 bits per heavy atom. The van der Waals surface area contributed by atoms with Crippen molar-refractivity contribution in [2.24, 2.45) is 0 Å². The van der Waals surface area contributed by atoms with E-state index in [1.54, 1.807) is 23.7 Å². The molecule has 0 aliphatic heterocycles. The normalized spacial score (nSPS) is 11.5. The van der Waals surface area contributed by atoms with E-state index in [-0.39, 0.29) is 23.2 Å². The predicted octanol–water partition coefficient (Wildman–Crippen LogP) is 3.46. The standard InChI is InChI=1S/C24H19FN4O2/c1-27-21(30)13-19(15-5-3-2-4-6-15)17-9-12-20-28-24(26)22(29(20)14-17)23(31)16-7-10-18(25)11-8-16/h2-14H,26H2,1H3,(H,27,30)/b19-13+. The number of hydrogen-bond acceptors (Lipinski definition) is 4. The van der Waals surface area contributed by atoms with Gasteiger partial charge in [-0.05, 0) is 53.1 Å². The number of pyridine rings is 1. The molecule has 2 aromatic carbocycles. The van der Waals surface area contributed by atoms with Crippen molar-refractivity contribution >= 4 is 28.7 Å². The van der Waals surface area contributed by atoms with Crippen molar-refractivity contribution in [1.29, 1.82) is 0 Å². The molecule has 4 aromatic rings. The topological polar surface area (TPSA) is 89.5 Å². The van der Waals surface area contributed by atoms with Crippen LogP contribution in [0.15, 0.2) is 79.0 Å². The van der Waals surface area contributed by atoms with E-state index < -0.39 is 5.82 Å². The average Bonchev–Trinajstić information content (AvgIpc) is 3.12. The molecule has 3 N–H and O–H groups in total. The van der Waals surface area contributed by atoms with Gasteiger partial charge in [0.25, 0.3) is 0 Å². The lowest BCUT2D eigenvalue weighted by Gasteiger charge is -2.10. The number of amides is 1. The number of rotatable bonds is 5. The molecule has 2 heterocycles. The summed E-state index contributed by atoms with van der Waals surface area (Å²) in [6, 6.07) is 18.2. The number of carbonyl (C=O) groups is 2. The molecular formula is C24H19FN4O2. The van der Waals surface area contributed by atoms with Crippen LogP contribution in [0, 0.1) is 5.82 Å². The number of halogens is 1. The number of anilines is 1. The number of nitrogens with zero attached hydrogens (tertiary/aromatic N) is 2. The van der Waals surface area contributed by atoms with Crippen LogP contribution < -0.4 is 11.1 Å². The molecular weight excluding hydrogens is 395 g/mol. The maximum atomic E-state index is 13.3. The number of carbonyl (C=O) groups excluding carboxylic acids is 2. The minimum Gasteiger partial charge on any atom is -0.382 e. The van der Waals surface area contributed by atoms with E-state index in [0.29, 0.717) is 22.3 Å². The highest BCUT2D eigenvalue weighted by Gasteiger charge is 2.20. The molecule has 6 nitrogen and oxygen atoms in total. The second-order valence-corrected chi connectivity index (χ2v) is 6.87. The largest absolute Gasteiger partial charge is 0.382 e. The van der Waals surface area contributed by atoms with Crippen molar-refractivity contribution in [3.63, 3.8) is 0 Å². The lowest BCUT2D eigenvalue weighted by molar-refractivity contribution is -0.116. The molecule has 0 saturated carbocycles. The molecule has 4 rings (SSSR count). The maximum absolute atomic E-state index is 13.3. The van der Waals surface area contributed by atoms with E-state index in [1.165, 1.54) is 30.3 Å². The summed E-state index contributed by atoms with van der Waals surface area (Å²) in [5, 5.41) is 2.59. The zero-order valence-corrected chi connectivity index (χ0v) is 16.7. The SMILES string of the molecule is CNC(=O)/C=C(\c1ccccc1)c1ccc2nc(N)c(C(=O)c3ccc(F)cc3)n2c1. The van der Waals surface area contributed by atoms with E-state index in [0.717, 1.165) is 5.56 Å². The summed E-state index contributed by atoms with van der Waals surface area (Å²) in [7, 11) is 1.56. The highest BCUT2D eigenvalue weighted by molar-refractivity contribution is 6.11. The molecule has 0 fully saturated rings. The van der Waals surface area contributed by atoms with Gasteiger partial charge in [0.1, 0.15) is 17.2 Å². The van der Waals surface area contributed by atoms with E-state index in [2.05, 4.69) is 10.3 Å². The number of fused-ring (bicyclic) bond motifs is 1. The molecule has 31 heavy (non-hydrogen) atoms. The van der Waals surface area contributed by atoms with Crippen LogP contribution in [-0.4, -0.2) is 28.1 Å². The van der Waals surface area contributed by atoms with Gasteiger partial charge in [0, 0.05) is 24.9 Å². The fourth-order valence-electron chi connectivity index (χ4n) is 3.34. The minimum atomic E-state index is -0.434. The second-order valence-electron chi connectivity index (χ2n) is 6.87.